The van der Waals surface area contributed by atoms with Crippen molar-refractivity contribution in [2.75, 3.05) is 6.61 Å². The summed E-state index contributed by atoms with van der Waals surface area (Å²) >= 11 is 3.18. The first-order chi connectivity index (χ1) is 7.04. The van der Waals surface area contributed by atoms with E-state index < -0.39 is 0 Å². The number of benzene rings is 1. The van der Waals surface area contributed by atoms with Crippen LogP contribution in [0.2, 0.25) is 0 Å². The summed E-state index contributed by atoms with van der Waals surface area (Å²) in [6.07, 6.45) is 0.107. The second kappa shape index (κ2) is 5.26. The number of ether oxygens (including phenoxy) is 1. The van der Waals surface area contributed by atoms with Gasteiger partial charge in [-0.15, -0.1) is 0 Å². The average molecular weight is 275 g/mol. The zero-order valence-electron chi connectivity index (χ0n) is 8.64. The average Bonchev–Trinajstić information content (AvgIpc) is 2.13. The molecule has 15 heavy (non-hydrogen) atoms. The second-order valence-electron chi connectivity index (χ2n) is 3.15. The van der Waals surface area contributed by atoms with Crippen LogP contribution in [0.3, 0.4) is 0 Å². The molecule has 0 aliphatic heterocycles. The van der Waals surface area contributed by atoms with Crippen LogP contribution in [0, 0.1) is 12.7 Å². The quantitative estimate of drug-likeness (QED) is 0.793. The fourth-order valence-electron chi connectivity index (χ4n) is 1.25. The van der Waals surface area contributed by atoms with Gasteiger partial charge < -0.3 is 4.74 Å². The zero-order chi connectivity index (χ0) is 11.4. The van der Waals surface area contributed by atoms with Gasteiger partial charge in [0.2, 0.25) is 0 Å². The molecule has 0 aliphatic carbocycles. The summed E-state index contributed by atoms with van der Waals surface area (Å²) in [6.45, 7) is 3.73. The summed E-state index contributed by atoms with van der Waals surface area (Å²) in [7, 11) is 0. The Morgan fingerprint density at radius 3 is 2.80 bits per heavy atom. The number of hydrogen-bond acceptors (Lipinski definition) is 2. The maximum absolute atomic E-state index is 13.3. The largest absolute Gasteiger partial charge is 0.466 e. The number of esters is 1. The number of hydrogen-bond donors (Lipinski definition) is 0. The Bertz CT molecular complexity index is 377. The molecular formula is C11H12BrFO2. The summed E-state index contributed by atoms with van der Waals surface area (Å²) < 4.78 is 18.7. The fraction of sp³-hybridized carbons (Fsp3) is 0.364. The van der Waals surface area contributed by atoms with Crippen LogP contribution < -0.4 is 0 Å². The van der Waals surface area contributed by atoms with E-state index in [2.05, 4.69) is 15.9 Å². The molecule has 0 aromatic heterocycles. The molecule has 0 saturated carbocycles. The summed E-state index contributed by atoms with van der Waals surface area (Å²) in [6, 6.07) is 3.11. The third-order valence-electron chi connectivity index (χ3n) is 2.06. The first kappa shape index (κ1) is 12.2. The third-order valence-corrected chi connectivity index (χ3v) is 2.51. The molecule has 0 saturated heterocycles. The van der Waals surface area contributed by atoms with Crippen molar-refractivity contribution >= 4 is 21.9 Å². The molecule has 1 rings (SSSR count). The molecule has 0 amide bonds. The molecule has 0 unspecified atom stereocenters. The van der Waals surface area contributed by atoms with Gasteiger partial charge in [-0.05, 0) is 37.1 Å². The molecule has 0 bridgehead atoms. The van der Waals surface area contributed by atoms with E-state index in [-0.39, 0.29) is 18.2 Å². The SMILES string of the molecule is CCOC(=O)Cc1cc(Br)cc(F)c1C. The molecule has 2 nitrogen and oxygen atoms in total. The molecule has 82 valence electrons. The van der Waals surface area contributed by atoms with Crippen molar-refractivity contribution in [3.8, 4) is 0 Å². The molecular weight excluding hydrogens is 263 g/mol. The second-order valence-corrected chi connectivity index (χ2v) is 4.07. The van der Waals surface area contributed by atoms with Crippen LogP contribution in [0.15, 0.2) is 16.6 Å². The van der Waals surface area contributed by atoms with Gasteiger partial charge in [-0.25, -0.2) is 4.39 Å². The van der Waals surface area contributed by atoms with Gasteiger partial charge in [-0.2, -0.15) is 0 Å². The first-order valence-corrected chi connectivity index (χ1v) is 5.44. The Hall–Kier alpha value is -0.900. The van der Waals surface area contributed by atoms with Gasteiger partial charge in [0.25, 0.3) is 0 Å². The number of rotatable bonds is 3. The van der Waals surface area contributed by atoms with Gasteiger partial charge in [-0.3, -0.25) is 4.79 Å². The first-order valence-electron chi connectivity index (χ1n) is 4.64. The lowest BCUT2D eigenvalue weighted by atomic mass is 10.1. The van der Waals surface area contributed by atoms with E-state index in [0.717, 1.165) is 0 Å². The summed E-state index contributed by atoms with van der Waals surface area (Å²) in [4.78, 5) is 11.2. The van der Waals surface area contributed by atoms with E-state index >= 15 is 0 Å². The van der Waals surface area contributed by atoms with E-state index in [1.807, 2.05) is 0 Å². The Morgan fingerprint density at radius 2 is 2.20 bits per heavy atom. The number of carbonyl (C=O) groups is 1. The Morgan fingerprint density at radius 1 is 1.53 bits per heavy atom. The van der Waals surface area contributed by atoms with E-state index in [1.54, 1.807) is 19.9 Å². The normalized spacial score (nSPS) is 10.1. The standard InChI is InChI=1S/C11H12BrFO2/c1-3-15-11(14)5-8-4-9(12)6-10(13)7(8)2/h4,6H,3,5H2,1-2H3. The predicted molar refractivity (Wildman–Crippen MR) is 59.2 cm³/mol. The Labute approximate surface area is 96.6 Å². The molecule has 1 aromatic rings. The lowest BCUT2D eigenvalue weighted by Gasteiger charge is -2.07. The molecule has 0 aliphatic rings. The zero-order valence-corrected chi connectivity index (χ0v) is 10.2. The number of carbonyl (C=O) groups excluding carboxylic acids is 1. The van der Waals surface area contributed by atoms with Crippen LogP contribution in [-0.4, -0.2) is 12.6 Å². The minimum atomic E-state index is -0.335. The molecule has 0 fully saturated rings. The highest BCUT2D eigenvalue weighted by Crippen LogP contribution is 2.20. The van der Waals surface area contributed by atoms with Gasteiger partial charge >= 0.3 is 5.97 Å². The van der Waals surface area contributed by atoms with Crippen molar-refractivity contribution in [3.63, 3.8) is 0 Å². The third kappa shape index (κ3) is 3.30. The monoisotopic (exact) mass is 274 g/mol. The fourth-order valence-corrected chi connectivity index (χ4v) is 1.73. The predicted octanol–water partition coefficient (Wildman–Crippen LogP) is 3.00. The van der Waals surface area contributed by atoms with Crippen molar-refractivity contribution in [2.24, 2.45) is 0 Å². The summed E-state index contributed by atoms with van der Waals surface area (Å²) in [5.41, 5.74) is 1.14. The highest BCUT2D eigenvalue weighted by Gasteiger charge is 2.10. The van der Waals surface area contributed by atoms with Gasteiger partial charge in [0.1, 0.15) is 5.82 Å². The summed E-state index contributed by atoms with van der Waals surface area (Å²) in [5, 5.41) is 0. The van der Waals surface area contributed by atoms with Crippen LogP contribution in [0.5, 0.6) is 0 Å². The van der Waals surface area contributed by atoms with Gasteiger partial charge in [0, 0.05) is 4.47 Å². The molecule has 0 N–H and O–H groups in total. The number of halogens is 2. The smallest absolute Gasteiger partial charge is 0.310 e. The van der Waals surface area contributed by atoms with Crippen LogP contribution in [0.25, 0.3) is 0 Å². The minimum absolute atomic E-state index is 0.107. The minimum Gasteiger partial charge on any atom is -0.466 e. The topological polar surface area (TPSA) is 26.3 Å². The molecule has 0 spiro atoms. The molecule has 4 heteroatoms. The van der Waals surface area contributed by atoms with Crippen molar-refractivity contribution < 1.29 is 13.9 Å². The van der Waals surface area contributed by atoms with E-state index in [1.165, 1.54) is 6.07 Å². The molecule has 1 aromatic carbocycles. The highest BCUT2D eigenvalue weighted by atomic mass is 79.9. The maximum Gasteiger partial charge on any atom is 0.310 e. The lowest BCUT2D eigenvalue weighted by Crippen LogP contribution is -2.09. The van der Waals surface area contributed by atoms with Gasteiger partial charge in [-0.1, -0.05) is 15.9 Å². The van der Waals surface area contributed by atoms with Crippen LogP contribution in [-0.2, 0) is 16.0 Å². The van der Waals surface area contributed by atoms with Crippen molar-refractivity contribution in [2.45, 2.75) is 20.3 Å². The van der Waals surface area contributed by atoms with Crippen LogP contribution in [0.4, 0.5) is 4.39 Å². The molecule has 0 heterocycles. The molecule has 0 radical (unpaired) electrons. The highest BCUT2D eigenvalue weighted by molar-refractivity contribution is 9.10. The molecule has 0 atom stereocenters. The van der Waals surface area contributed by atoms with Crippen molar-refractivity contribution in [1.29, 1.82) is 0 Å². The van der Waals surface area contributed by atoms with Crippen LogP contribution >= 0.6 is 15.9 Å². The van der Waals surface area contributed by atoms with Crippen molar-refractivity contribution in [1.82, 2.24) is 0 Å². The van der Waals surface area contributed by atoms with Gasteiger partial charge in [0.15, 0.2) is 0 Å². The van der Waals surface area contributed by atoms with Crippen molar-refractivity contribution in [3.05, 3.63) is 33.5 Å². The lowest BCUT2D eigenvalue weighted by molar-refractivity contribution is -0.142. The van der Waals surface area contributed by atoms with E-state index in [9.17, 15) is 9.18 Å². The van der Waals surface area contributed by atoms with Crippen LogP contribution in [0.1, 0.15) is 18.1 Å². The van der Waals surface area contributed by atoms with E-state index in [0.29, 0.717) is 22.2 Å². The maximum atomic E-state index is 13.3. The Kier molecular flexibility index (Phi) is 4.27. The summed E-state index contributed by atoms with van der Waals surface area (Å²) in [5.74, 6) is -0.651. The van der Waals surface area contributed by atoms with E-state index in [4.69, 9.17) is 4.74 Å². The Balaban J connectivity index is 2.89. The van der Waals surface area contributed by atoms with Gasteiger partial charge in [0.05, 0.1) is 13.0 Å².